The standard InChI is InChI=1S/C18H23N3O2/c1-17(2,3)21-12-18(6-8-20(9-7-18)16(22)23)14-5-4-13(11-19)10-15(14)21/h4-5,10H,6-9,12H2,1-3H3,(H,22,23). The van der Waals surface area contributed by atoms with Crippen molar-refractivity contribution < 1.29 is 9.90 Å². The summed E-state index contributed by atoms with van der Waals surface area (Å²) in [5.74, 6) is 0. The summed E-state index contributed by atoms with van der Waals surface area (Å²) in [7, 11) is 0. The molecule has 1 aromatic rings. The highest BCUT2D eigenvalue weighted by molar-refractivity contribution is 5.68. The molecule has 3 rings (SSSR count). The van der Waals surface area contributed by atoms with Crippen LogP contribution in [-0.4, -0.2) is 41.3 Å². The van der Waals surface area contributed by atoms with Gasteiger partial charge in [0, 0.05) is 36.3 Å². The van der Waals surface area contributed by atoms with E-state index in [-0.39, 0.29) is 11.0 Å². The number of fused-ring (bicyclic) bond motifs is 2. The Labute approximate surface area is 137 Å². The van der Waals surface area contributed by atoms with Gasteiger partial charge in [0.05, 0.1) is 11.6 Å². The monoisotopic (exact) mass is 313 g/mol. The molecule has 2 aliphatic rings. The number of likely N-dealkylation sites (tertiary alicyclic amines) is 1. The SMILES string of the molecule is CC(C)(C)N1CC2(CCN(C(=O)O)CC2)c2ccc(C#N)cc21. The number of nitriles is 1. The van der Waals surface area contributed by atoms with Gasteiger partial charge >= 0.3 is 6.09 Å². The van der Waals surface area contributed by atoms with Gasteiger partial charge in [-0.2, -0.15) is 5.26 Å². The van der Waals surface area contributed by atoms with Crippen LogP contribution in [0.1, 0.15) is 44.7 Å². The zero-order chi connectivity index (χ0) is 16.8. The van der Waals surface area contributed by atoms with Gasteiger partial charge in [-0.05, 0) is 51.3 Å². The normalized spacial score (nSPS) is 19.6. The smallest absolute Gasteiger partial charge is 0.407 e. The van der Waals surface area contributed by atoms with E-state index < -0.39 is 6.09 Å². The highest BCUT2D eigenvalue weighted by Crippen LogP contribution is 2.49. The van der Waals surface area contributed by atoms with Gasteiger partial charge in [-0.3, -0.25) is 0 Å². The predicted octanol–water partition coefficient (Wildman–Crippen LogP) is 3.19. The molecule has 1 spiro atoms. The quantitative estimate of drug-likeness (QED) is 0.798. The number of carboxylic acid groups (broad SMARTS) is 1. The summed E-state index contributed by atoms with van der Waals surface area (Å²) in [6, 6.07) is 8.18. The lowest BCUT2D eigenvalue weighted by Crippen LogP contribution is -2.49. The molecule has 2 heterocycles. The van der Waals surface area contributed by atoms with Gasteiger partial charge in [0.2, 0.25) is 0 Å². The highest BCUT2D eigenvalue weighted by Gasteiger charge is 2.47. The fourth-order valence-corrected chi connectivity index (χ4v) is 3.90. The zero-order valence-electron chi connectivity index (χ0n) is 14.0. The molecule has 0 atom stereocenters. The van der Waals surface area contributed by atoms with Crippen molar-refractivity contribution in [2.45, 2.75) is 44.6 Å². The minimum Gasteiger partial charge on any atom is -0.465 e. The molecule has 122 valence electrons. The minimum atomic E-state index is -0.828. The van der Waals surface area contributed by atoms with Gasteiger partial charge in [0.1, 0.15) is 0 Å². The van der Waals surface area contributed by atoms with Crippen LogP contribution >= 0.6 is 0 Å². The molecule has 2 aliphatic heterocycles. The van der Waals surface area contributed by atoms with Crippen LogP contribution in [0.5, 0.6) is 0 Å². The molecule has 0 radical (unpaired) electrons. The number of benzene rings is 1. The van der Waals surface area contributed by atoms with Gasteiger partial charge in [0.25, 0.3) is 0 Å². The number of nitrogens with zero attached hydrogens (tertiary/aromatic N) is 3. The summed E-state index contributed by atoms with van der Waals surface area (Å²) in [5.41, 5.74) is 3.06. The van der Waals surface area contributed by atoms with E-state index in [1.807, 2.05) is 12.1 Å². The highest BCUT2D eigenvalue weighted by atomic mass is 16.4. The first-order valence-electron chi connectivity index (χ1n) is 8.07. The second-order valence-corrected chi connectivity index (χ2v) is 7.65. The van der Waals surface area contributed by atoms with Crippen LogP contribution in [0.25, 0.3) is 0 Å². The summed E-state index contributed by atoms with van der Waals surface area (Å²) in [6.07, 6.45) is 0.848. The average molecular weight is 313 g/mol. The molecule has 0 aromatic heterocycles. The van der Waals surface area contributed by atoms with Crippen molar-refractivity contribution in [1.29, 1.82) is 5.26 Å². The minimum absolute atomic E-state index is 0.00253. The lowest BCUT2D eigenvalue weighted by molar-refractivity contribution is 0.118. The maximum atomic E-state index is 11.2. The molecule has 1 saturated heterocycles. The van der Waals surface area contributed by atoms with Crippen LogP contribution in [-0.2, 0) is 5.41 Å². The molecule has 0 saturated carbocycles. The largest absolute Gasteiger partial charge is 0.465 e. The Morgan fingerprint density at radius 3 is 2.48 bits per heavy atom. The average Bonchev–Trinajstić information content (AvgIpc) is 2.82. The predicted molar refractivity (Wildman–Crippen MR) is 88.8 cm³/mol. The Morgan fingerprint density at radius 2 is 1.96 bits per heavy atom. The fourth-order valence-electron chi connectivity index (χ4n) is 3.90. The van der Waals surface area contributed by atoms with Gasteiger partial charge in [-0.1, -0.05) is 6.07 Å². The number of piperidine rings is 1. The molecule has 1 amide bonds. The molecule has 1 aromatic carbocycles. The molecule has 0 bridgehead atoms. The number of hydrogen-bond acceptors (Lipinski definition) is 3. The summed E-state index contributed by atoms with van der Waals surface area (Å²) in [6.45, 7) is 8.59. The van der Waals surface area contributed by atoms with E-state index in [2.05, 4.69) is 37.8 Å². The first-order valence-corrected chi connectivity index (χ1v) is 8.07. The number of hydrogen-bond donors (Lipinski definition) is 1. The van der Waals surface area contributed by atoms with Gasteiger partial charge in [-0.15, -0.1) is 0 Å². The second-order valence-electron chi connectivity index (χ2n) is 7.65. The van der Waals surface area contributed by atoms with Crippen molar-refractivity contribution in [2.75, 3.05) is 24.5 Å². The summed E-state index contributed by atoms with van der Waals surface area (Å²) >= 11 is 0. The zero-order valence-corrected chi connectivity index (χ0v) is 14.0. The lowest BCUT2D eigenvalue weighted by atomic mass is 9.74. The Balaban J connectivity index is 2.00. The summed E-state index contributed by atoms with van der Waals surface area (Å²) in [4.78, 5) is 15.1. The summed E-state index contributed by atoms with van der Waals surface area (Å²) < 4.78 is 0. The van der Waals surface area contributed by atoms with Crippen molar-refractivity contribution in [3.05, 3.63) is 29.3 Å². The Morgan fingerprint density at radius 1 is 1.30 bits per heavy atom. The third-order valence-corrected chi connectivity index (χ3v) is 5.25. The van der Waals surface area contributed by atoms with Crippen molar-refractivity contribution >= 4 is 11.8 Å². The van der Waals surface area contributed by atoms with E-state index in [1.54, 1.807) is 0 Å². The third-order valence-electron chi connectivity index (χ3n) is 5.25. The second kappa shape index (κ2) is 5.16. The van der Waals surface area contributed by atoms with Crippen LogP contribution in [0.4, 0.5) is 10.5 Å². The molecule has 0 unspecified atom stereocenters. The van der Waals surface area contributed by atoms with Gasteiger partial charge in [-0.25, -0.2) is 4.79 Å². The van der Waals surface area contributed by atoms with E-state index in [9.17, 15) is 15.2 Å². The third kappa shape index (κ3) is 2.52. The Bertz CT molecular complexity index is 676. The van der Waals surface area contributed by atoms with Gasteiger partial charge in [0.15, 0.2) is 0 Å². The molecule has 23 heavy (non-hydrogen) atoms. The molecule has 0 aliphatic carbocycles. The fraction of sp³-hybridized carbons (Fsp3) is 0.556. The van der Waals surface area contributed by atoms with E-state index in [0.29, 0.717) is 18.7 Å². The lowest BCUT2D eigenvalue weighted by Gasteiger charge is -2.41. The van der Waals surface area contributed by atoms with E-state index in [4.69, 9.17) is 0 Å². The number of carbonyl (C=O) groups is 1. The van der Waals surface area contributed by atoms with Crippen LogP contribution in [0.15, 0.2) is 18.2 Å². The van der Waals surface area contributed by atoms with E-state index in [1.165, 1.54) is 10.5 Å². The molecule has 1 N–H and O–H groups in total. The molecular formula is C18H23N3O2. The van der Waals surface area contributed by atoms with E-state index >= 15 is 0 Å². The molecule has 5 heteroatoms. The topological polar surface area (TPSA) is 67.6 Å². The van der Waals surface area contributed by atoms with Crippen molar-refractivity contribution in [2.24, 2.45) is 0 Å². The molecular weight excluding hydrogens is 290 g/mol. The van der Waals surface area contributed by atoms with Crippen molar-refractivity contribution in [3.8, 4) is 6.07 Å². The van der Waals surface area contributed by atoms with Gasteiger partial charge < -0.3 is 14.9 Å². The van der Waals surface area contributed by atoms with Crippen molar-refractivity contribution in [3.63, 3.8) is 0 Å². The van der Waals surface area contributed by atoms with Crippen LogP contribution in [0.2, 0.25) is 0 Å². The van der Waals surface area contributed by atoms with Crippen LogP contribution < -0.4 is 4.90 Å². The first-order chi connectivity index (χ1) is 10.8. The maximum Gasteiger partial charge on any atom is 0.407 e. The van der Waals surface area contributed by atoms with Crippen LogP contribution in [0.3, 0.4) is 0 Å². The van der Waals surface area contributed by atoms with E-state index in [0.717, 1.165) is 25.1 Å². The first kappa shape index (κ1) is 15.7. The number of anilines is 1. The Kier molecular flexibility index (Phi) is 3.51. The van der Waals surface area contributed by atoms with Crippen LogP contribution in [0, 0.1) is 11.3 Å². The number of amides is 1. The Hall–Kier alpha value is -2.22. The molecule has 5 nitrogen and oxygen atoms in total. The summed E-state index contributed by atoms with van der Waals surface area (Å²) in [5, 5.41) is 18.4. The maximum absolute atomic E-state index is 11.2. The van der Waals surface area contributed by atoms with Crippen molar-refractivity contribution in [1.82, 2.24) is 4.90 Å². The molecule has 1 fully saturated rings. The number of rotatable bonds is 0.